The van der Waals surface area contributed by atoms with Gasteiger partial charge in [-0.2, -0.15) is 28.0 Å². The number of aromatic nitrogens is 3. The number of nitrogens with zero attached hydrogens (tertiary/aromatic N) is 2. The first-order chi connectivity index (χ1) is 5.42. The fraction of sp³-hybridized carbons (Fsp3) is 0.143. The Balaban J connectivity index is 2.79. The van der Waals surface area contributed by atoms with Gasteiger partial charge in [-0.3, -0.25) is 0 Å². The Kier molecular flexibility index (Phi) is 1.54. The number of H-pyrrole nitrogens is 1. The van der Waals surface area contributed by atoms with Gasteiger partial charge in [0.15, 0.2) is 0 Å². The van der Waals surface area contributed by atoms with Crippen LogP contribution in [0.25, 0.3) is 11.0 Å². The van der Waals surface area contributed by atoms with Crippen LogP contribution >= 0.6 is 12.6 Å². The minimum absolute atomic E-state index is 0.698. The van der Waals surface area contributed by atoms with Crippen LogP contribution in [0.1, 0.15) is 5.56 Å². The van der Waals surface area contributed by atoms with Gasteiger partial charge < -0.3 is 0 Å². The third-order valence-electron chi connectivity index (χ3n) is 1.60. The van der Waals surface area contributed by atoms with Gasteiger partial charge in [0.2, 0.25) is 0 Å². The molecule has 0 aliphatic rings. The zero-order valence-electron chi connectivity index (χ0n) is 5.78. The maximum atomic E-state index is 4.18. The summed E-state index contributed by atoms with van der Waals surface area (Å²) >= 11 is 4.18. The quantitative estimate of drug-likeness (QED) is 0.627. The van der Waals surface area contributed by atoms with Gasteiger partial charge in [0.1, 0.15) is 11.0 Å². The maximum Gasteiger partial charge on any atom is 0.116 e. The number of aromatic amines is 1. The number of rotatable bonds is 1. The highest BCUT2D eigenvalue weighted by Gasteiger charge is 2.00. The molecule has 1 aromatic heterocycles. The van der Waals surface area contributed by atoms with E-state index in [0.29, 0.717) is 5.75 Å². The predicted octanol–water partition coefficient (Wildman–Crippen LogP) is 1.39. The number of fused-ring (bicyclic) bond motifs is 1. The van der Waals surface area contributed by atoms with E-state index in [1.165, 1.54) is 0 Å². The molecule has 0 saturated carbocycles. The molecule has 3 nitrogen and oxygen atoms in total. The molecule has 0 radical (unpaired) electrons. The molecule has 0 saturated heterocycles. The molecule has 0 bridgehead atoms. The first kappa shape index (κ1) is 6.67. The largest absolute Gasteiger partial charge is 0.197 e. The van der Waals surface area contributed by atoms with Crippen LogP contribution in [0.2, 0.25) is 0 Å². The van der Waals surface area contributed by atoms with Gasteiger partial charge >= 0.3 is 0 Å². The van der Waals surface area contributed by atoms with Crippen LogP contribution < -0.4 is 0 Å². The van der Waals surface area contributed by atoms with Crippen LogP contribution in [-0.4, -0.2) is 15.4 Å². The molecule has 0 unspecified atom stereocenters. The van der Waals surface area contributed by atoms with Crippen molar-refractivity contribution in [2.45, 2.75) is 5.75 Å². The van der Waals surface area contributed by atoms with Gasteiger partial charge in [-0.25, -0.2) is 0 Å². The summed E-state index contributed by atoms with van der Waals surface area (Å²) in [6.07, 6.45) is 0. The minimum Gasteiger partial charge on any atom is -0.197 e. The third-order valence-corrected chi connectivity index (χ3v) is 1.94. The normalized spacial score (nSPS) is 10.6. The van der Waals surface area contributed by atoms with Crippen molar-refractivity contribution in [3.8, 4) is 0 Å². The van der Waals surface area contributed by atoms with Crippen molar-refractivity contribution in [1.82, 2.24) is 15.4 Å². The van der Waals surface area contributed by atoms with Crippen molar-refractivity contribution >= 4 is 23.7 Å². The Morgan fingerprint density at radius 1 is 1.36 bits per heavy atom. The monoisotopic (exact) mass is 165 g/mol. The molecule has 2 aromatic rings. The molecule has 1 aromatic carbocycles. The van der Waals surface area contributed by atoms with Gasteiger partial charge in [0.25, 0.3) is 0 Å². The molecule has 1 heterocycles. The van der Waals surface area contributed by atoms with E-state index in [1.807, 2.05) is 18.2 Å². The summed E-state index contributed by atoms with van der Waals surface area (Å²) in [4.78, 5) is 0. The second kappa shape index (κ2) is 2.54. The van der Waals surface area contributed by atoms with Crippen molar-refractivity contribution in [1.29, 1.82) is 0 Å². The lowest BCUT2D eigenvalue weighted by molar-refractivity contribution is 0.958. The molecule has 1 N–H and O–H groups in total. The summed E-state index contributed by atoms with van der Waals surface area (Å²) in [5, 5.41) is 10.5. The highest BCUT2D eigenvalue weighted by atomic mass is 32.1. The number of nitrogens with one attached hydrogen (secondary N) is 1. The highest BCUT2D eigenvalue weighted by molar-refractivity contribution is 7.79. The van der Waals surface area contributed by atoms with Crippen molar-refractivity contribution in [2.24, 2.45) is 0 Å². The summed E-state index contributed by atoms with van der Waals surface area (Å²) in [7, 11) is 0. The molecule has 0 aliphatic heterocycles. The van der Waals surface area contributed by atoms with Crippen LogP contribution in [0.15, 0.2) is 18.2 Å². The molecule has 11 heavy (non-hydrogen) atoms. The Morgan fingerprint density at radius 2 is 2.27 bits per heavy atom. The van der Waals surface area contributed by atoms with E-state index in [9.17, 15) is 0 Å². The lowest BCUT2D eigenvalue weighted by Crippen LogP contribution is -1.79. The Hall–Kier alpha value is -1.03. The average molecular weight is 165 g/mol. The molecule has 0 amide bonds. The maximum absolute atomic E-state index is 4.18. The first-order valence-corrected chi connectivity index (χ1v) is 3.94. The molecule has 2 rings (SSSR count). The number of hydrogen-bond donors (Lipinski definition) is 2. The smallest absolute Gasteiger partial charge is 0.116 e. The zero-order valence-corrected chi connectivity index (χ0v) is 6.68. The zero-order chi connectivity index (χ0) is 7.68. The minimum atomic E-state index is 0.698. The SMILES string of the molecule is SCc1cccc2n[nH]nc12. The van der Waals surface area contributed by atoms with E-state index < -0.39 is 0 Å². The standard InChI is InChI=1S/C7H7N3S/c11-4-5-2-1-3-6-7(5)9-10-8-6/h1-3,11H,4H2,(H,8,9,10). The Morgan fingerprint density at radius 3 is 3.09 bits per heavy atom. The molecular formula is C7H7N3S. The molecule has 4 heteroatoms. The fourth-order valence-corrected chi connectivity index (χ4v) is 1.31. The van der Waals surface area contributed by atoms with E-state index in [2.05, 4.69) is 28.0 Å². The summed E-state index contributed by atoms with van der Waals surface area (Å²) in [6, 6.07) is 5.88. The van der Waals surface area contributed by atoms with Gasteiger partial charge in [-0.1, -0.05) is 12.1 Å². The van der Waals surface area contributed by atoms with Gasteiger partial charge in [-0.05, 0) is 11.6 Å². The van der Waals surface area contributed by atoms with Gasteiger partial charge in [-0.15, -0.1) is 0 Å². The Labute approximate surface area is 69.2 Å². The number of para-hydroxylation sites is 1. The van der Waals surface area contributed by atoms with Crippen LogP contribution in [0.4, 0.5) is 0 Å². The van der Waals surface area contributed by atoms with Crippen molar-refractivity contribution in [3.05, 3.63) is 23.8 Å². The van der Waals surface area contributed by atoms with E-state index in [0.717, 1.165) is 16.6 Å². The highest BCUT2D eigenvalue weighted by Crippen LogP contribution is 2.14. The lowest BCUT2D eigenvalue weighted by atomic mass is 10.2. The third kappa shape index (κ3) is 0.991. The lowest BCUT2D eigenvalue weighted by Gasteiger charge is -1.93. The van der Waals surface area contributed by atoms with Crippen molar-refractivity contribution < 1.29 is 0 Å². The molecular weight excluding hydrogens is 158 g/mol. The van der Waals surface area contributed by atoms with E-state index in [4.69, 9.17) is 0 Å². The van der Waals surface area contributed by atoms with Crippen molar-refractivity contribution in [2.75, 3.05) is 0 Å². The summed E-state index contributed by atoms with van der Waals surface area (Å²) in [5.41, 5.74) is 2.93. The molecule has 0 aliphatic carbocycles. The first-order valence-electron chi connectivity index (χ1n) is 3.31. The number of thiol groups is 1. The molecule has 0 atom stereocenters. The Bertz CT molecular complexity index is 368. The van der Waals surface area contributed by atoms with Gasteiger partial charge in [0.05, 0.1) is 0 Å². The number of benzene rings is 1. The van der Waals surface area contributed by atoms with Gasteiger partial charge in [0, 0.05) is 5.75 Å². The molecule has 0 spiro atoms. The van der Waals surface area contributed by atoms with Crippen LogP contribution in [0.3, 0.4) is 0 Å². The summed E-state index contributed by atoms with van der Waals surface area (Å²) in [5.74, 6) is 0.698. The topological polar surface area (TPSA) is 41.6 Å². The molecule has 56 valence electrons. The van der Waals surface area contributed by atoms with Crippen LogP contribution in [-0.2, 0) is 5.75 Å². The summed E-state index contributed by atoms with van der Waals surface area (Å²) < 4.78 is 0. The second-order valence-corrected chi connectivity index (χ2v) is 2.58. The second-order valence-electron chi connectivity index (χ2n) is 2.27. The molecule has 0 fully saturated rings. The van der Waals surface area contributed by atoms with E-state index >= 15 is 0 Å². The van der Waals surface area contributed by atoms with Crippen LogP contribution in [0.5, 0.6) is 0 Å². The van der Waals surface area contributed by atoms with Crippen LogP contribution in [0, 0.1) is 0 Å². The van der Waals surface area contributed by atoms with E-state index in [-0.39, 0.29) is 0 Å². The van der Waals surface area contributed by atoms with E-state index in [1.54, 1.807) is 0 Å². The van der Waals surface area contributed by atoms with Crippen molar-refractivity contribution in [3.63, 3.8) is 0 Å². The number of hydrogen-bond acceptors (Lipinski definition) is 3. The fourth-order valence-electron chi connectivity index (χ4n) is 1.05. The predicted molar refractivity (Wildman–Crippen MR) is 46.6 cm³/mol. The summed E-state index contributed by atoms with van der Waals surface area (Å²) in [6.45, 7) is 0. The average Bonchev–Trinajstić information content (AvgIpc) is 2.50.